The van der Waals surface area contributed by atoms with Crippen molar-refractivity contribution in [3.63, 3.8) is 0 Å². The minimum absolute atomic E-state index is 0.0461. The van der Waals surface area contributed by atoms with Gasteiger partial charge in [-0.2, -0.15) is 0 Å². The first-order valence-corrected chi connectivity index (χ1v) is 14.5. The van der Waals surface area contributed by atoms with Crippen molar-refractivity contribution < 1.29 is 23.8 Å². The van der Waals surface area contributed by atoms with Gasteiger partial charge < -0.3 is 19.5 Å². The van der Waals surface area contributed by atoms with Crippen LogP contribution in [0.3, 0.4) is 0 Å². The maximum absolute atomic E-state index is 13.5. The molecule has 38 heavy (non-hydrogen) atoms. The third-order valence-electron chi connectivity index (χ3n) is 7.72. The molecule has 0 bridgehead atoms. The van der Waals surface area contributed by atoms with Crippen molar-refractivity contribution in [3.05, 3.63) is 35.9 Å². The van der Waals surface area contributed by atoms with E-state index in [1.807, 2.05) is 59.7 Å². The molecule has 1 aromatic rings. The SMILES string of the molecule is CCCCNC(=O)[C@H](C)C[C@@H]1OC(C)(C)N(C(=O)OC(C)(C)C)[C@H]1CC1(CCOCc2ccccc2)CC1. The zero-order valence-electron chi connectivity index (χ0n) is 24.7. The first kappa shape index (κ1) is 30.4. The highest BCUT2D eigenvalue weighted by Crippen LogP contribution is 2.55. The van der Waals surface area contributed by atoms with E-state index in [0.717, 1.165) is 38.5 Å². The quantitative estimate of drug-likeness (QED) is 0.297. The number of nitrogens with zero attached hydrogens (tertiary/aromatic N) is 1. The second-order valence-electron chi connectivity index (χ2n) is 12.8. The van der Waals surface area contributed by atoms with E-state index in [1.165, 1.54) is 5.56 Å². The molecule has 1 aliphatic heterocycles. The Bertz CT molecular complexity index is 907. The van der Waals surface area contributed by atoms with Crippen LogP contribution in [0.25, 0.3) is 0 Å². The Morgan fingerprint density at radius 1 is 1.18 bits per heavy atom. The zero-order chi connectivity index (χ0) is 28.0. The Balaban J connectivity index is 1.70. The monoisotopic (exact) mass is 530 g/mol. The van der Waals surface area contributed by atoms with Crippen LogP contribution >= 0.6 is 0 Å². The summed E-state index contributed by atoms with van der Waals surface area (Å²) >= 11 is 0. The van der Waals surface area contributed by atoms with Crippen molar-refractivity contribution in [1.82, 2.24) is 10.2 Å². The lowest BCUT2D eigenvalue weighted by Gasteiger charge is -2.36. The van der Waals surface area contributed by atoms with Crippen molar-refractivity contribution in [2.24, 2.45) is 11.3 Å². The van der Waals surface area contributed by atoms with Gasteiger partial charge in [-0.25, -0.2) is 4.79 Å². The Morgan fingerprint density at radius 2 is 1.87 bits per heavy atom. The van der Waals surface area contributed by atoms with Crippen molar-refractivity contribution in [2.45, 2.75) is 123 Å². The molecule has 0 unspecified atom stereocenters. The molecule has 7 heteroatoms. The average molecular weight is 531 g/mol. The number of nitrogens with one attached hydrogen (secondary N) is 1. The third-order valence-corrected chi connectivity index (χ3v) is 7.72. The number of hydrogen-bond donors (Lipinski definition) is 1. The summed E-state index contributed by atoms with van der Waals surface area (Å²) in [5.41, 5.74) is -0.137. The van der Waals surface area contributed by atoms with Gasteiger partial charge in [-0.1, -0.05) is 50.6 Å². The molecule has 1 saturated carbocycles. The van der Waals surface area contributed by atoms with E-state index in [4.69, 9.17) is 14.2 Å². The molecular formula is C31H50N2O5. The summed E-state index contributed by atoms with van der Waals surface area (Å²) < 4.78 is 18.4. The van der Waals surface area contributed by atoms with Crippen LogP contribution in [0, 0.1) is 11.3 Å². The van der Waals surface area contributed by atoms with Crippen LogP contribution in [0.5, 0.6) is 0 Å². The fraction of sp³-hybridized carbons (Fsp3) is 0.742. The molecule has 1 saturated heterocycles. The second-order valence-corrected chi connectivity index (χ2v) is 12.8. The largest absolute Gasteiger partial charge is 0.444 e. The summed E-state index contributed by atoms with van der Waals surface area (Å²) in [7, 11) is 0. The van der Waals surface area contributed by atoms with Gasteiger partial charge in [0.05, 0.1) is 18.8 Å². The van der Waals surface area contributed by atoms with E-state index >= 15 is 0 Å². The van der Waals surface area contributed by atoms with E-state index in [9.17, 15) is 9.59 Å². The van der Waals surface area contributed by atoms with E-state index < -0.39 is 11.3 Å². The standard InChI is InChI=1S/C31H50N2O5/c1-8-9-18-32-27(34)23(2)20-26-25(33(30(6,7)37-26)28(35)38-29(3,4)5)21-31(15-16-31)17-19-36-22-24-13-11-10-12-14-24/h10-14,23,25-26H,8-9,15-22H2,1-7H3,(H,32,34)/t23-,25+,26+/m1/s1. The number of benzene rings is 1. The first-order chi connectivity index (χ1) is 17.9. The van der Waals surface area contributed by atoms with Gasteiger partial charge in [0.15, 0.2) is 0 Å². The minimum atomic E-state index is -0.823. The van der Waals surface area contributed by atoms with Crippen molar-refractivity contribution >= 4 is 12.0 Å². The van der Waals surface area contributed by atoms with Gasteiger partial charge in [0, 0.05) is 19.1 Å². The highest BCUT2D eigenvalue weighted by Gasteiger charge is 2.56. The maximum atomic E-state index is 13.5. The number of ether oxygens (including phenoxy) is 3. The molecule has 0 spiro atoms. The molecule has 7 nitrogen and oxygen atoms in total. The summed E-state index contributed by atoms with van der Waals surface area (Å²) in [4.78, 5) is 28.0. The van der Waals surface area contributed by atoms with Gasteiger partial charge in [0.2, 0.25) is 5.91 Å². The van der Waals surface area contributed by atoms with Crippen LogP contribution in [0.2, 0.25) is 0 Å². The molecule has 1 aromatic carbocycles. The summed E-state index contributed by atoms with van der Waals surface area (Å²) in [6.07, 6.45) is 5.96. The zero-order valence-corrected chi connectivity index (χ0v) is 24.7. The fourth-order valence-electron chi connectivity index (χ4n) is 5.41. The Labute approximate surface area is 230 Å². The minimum Gasteiger partial charge on any atom is -0.444 e. The van der Waals surface area contributed by atoms with Crippen LogP contribution < -0.4 is 5.32 Å². The van der Waals surface area contributed by atoms with Crippen LogP contribution in [0.4, 0.5) is 4.79 Å². The van der Waals surface area contributed by atoms with Gasteiger partial charge in [0.1, 0.15) is 11.3 Å². The van der Waals surface area contributed by atoms with Crippen LogP contribution in [0.1, 0.15) is 99.0 Å². The normalized spacial score (nSPS) is 22.7. The molecular weight excluding hydrogens is 480 g/mol. The second kappa shape index (κ2) is 12.8. The Kier molecular flexibility index (Phi) is 10.3. The molecule has 214 valence electrons. The topological polar surface area (TPSA) is 77.1 Å². The summed E-state index contributed by atoms with van der Waals surface area (Å²) in [5.74, 6) is -0.164. The molecule has 2 fully saturated rings. The van der Waals surface area contributed by atoms with Crippen molar-refractivity contribution in [1.29, 1.82) is 0 Å². The van der Waals surface area contributed by atoms with E-state index in [0.29, 0.717) is 26.2 Å². The van der Waals surface area contributed by atoms with Crippen molar-refractivity contribution in [2.75, 3.05) is 13.2 Å². The van der Waals surface area contributed by atoms with Gasteiger partial charge >= 0.3 is 6.09 Å². The molecule has 3 atom stereocenters. The van der Waals surface area contributed by atoms with Gasteiger partial charge in [0.25, 0.3) is 0 Å². The maximum Gasteiger partial charge on any atom is 0.412 e. The summed E-state index contributed by atoms with van der Waals surface area (Å²) in [6.45, 7) is 15.6. The molecule has 1 aliphatic carbocycles. The van der Waals surface area contributed by atoms with Crippen LogP contribution in [0.15, 0.2) is 30.3 Å². The third kappa shape index (κ3) is 8.70. The molecule has 0 radical (unpaired) electrons. The van der Waals surface area contributed by atoms with E-state index in [2.05, 4.69) is 24.4 Å². The number of amides is 2. The Morgan fingerprint density at radius 3 is 2.47 bits per heavy atom. The summed E-state index contributed by atoms with van der Waals surface area (Å²) in [5, 5.41) is 3.05. The molecule has 1 N–H and O–H groups in total. The first-order valence-electron chi connectivity index (χ1n) is 14.5. The molecule has 2 aliphatic rings. The number of hydrogen-bond acceptors (Lipinski definition) is 5. The van der Waals surface area contributed by atoms with Gasteiger partial charge in [-0.15, -0.1) is 0 Å². The lowest BCUT2D eigenvalue weighted by Crippen LogP contribution is -2.51. The molecule has 0 aromatic heterocycles. The predicted octanol–water partition coefficient (Wildman–Crippen LogP) is 6.45. The predicted molar refractivity (Wildman–Crippen MR) is 150 cm³/mol. The van der Waals surface area contributed by atoms with E-state index in [-0.39, 0.29) is 35.5 Å². The highest BCUT2D eigenvalue weighted by molar-refractivity contribution is 5.78. The molecule has 3 rings (SSSR count). The molecule has 1 heterocycles. The van der Waals surface area contributed by atoms with Gasteiger partial charge in [-0.05, 0) is 84.1 Å². The lowest BCUT2D eigenvalue weighted by atomic mass is 9.87. The number of rotatable bonds is 13. The van der Waals surface area contributed by atoms with Crippen molar-refractivity contribution in [3.8, 4) is 0 Å². The Hall–Kier alpha value is -2.12. The number of carbonyl (C=O) groups is 2. The summed E-state index contributed by atoms with van der Waals surface area (Å²) in [6, 6.07) is 10.1. The van der Waals surface area contributed by atoms with Gasteiger partial charge in [-0.3, -0.25) is 9.69 Å². The number of carbonyl (C=O) groups excluding carboxylic acids is 2. The van der Waals surface area contributed by atoms with Crippen LogP contribution in [-0.4, -0.2) is 53.5 Å². The fourth-order valence-corrected chi connectivity index (χ4v) is 5.41. The lowest BCUT2D eigenvalue weighted by molar-refractivity contribution is -0.126. The highest BCUT2D eigenvalue weighted by atomic mass is 16.6. The van der Waals surface area contributed by atoms with E-state index in [1.54, 1.807) is 4.90 Å². The number of unbranched alkanes of at least 4 members (excludes halogenated alkanes) is 1. The van der Waals surface area contributed by atoms with Crippen LogP contribution in [-0.2, 0) is 25.6 Å². The molecule has 2 amide bonds. The smallest absolute Gasteiger partial charge is 0.412 e. The average Bonchev–Trinajstić information content (AvgIpc) is 3.54.